The van der Waals surface area contributed by atoms with Crippen molar-refractivity contribution in [2.45, 2.75) is 0 Å². The highest BCUT2D eigenvalue weighted by Crippen LogP contribution is 2.28. The Hall–Kier alpha value is -3.81. The Morgan fingerprint density at radius 2 is 1.58 bits per heavy atom. The molecule has 2 heterocycles. The van der Waals surface area contributed by atoms with E-state index in [2.05, 4.69) is 10.00 Å². The third-order valence-corrected chi connectivity index (χ3v) is 5.31. The number of amides is 1. The van der Waals surface area contributed by atoms with Crippen molar-refractivity contribution in [2.75, 3.05) is 45.3 Å². The van der Waals surface area contributed by atoms with E-state index in [0.29, 0.717) is 49.1 Å². The molecule has 0 unspecified atom stereocenters. The maximum Gasteiger partial charge on any atom is 0.271 e. The van der Waals surface area contributed by atoms with Crippen LogP contribution in [0.25, 0.3) is 5.69 Å². The number of hydrogen-bond donors (Lipinski definition) is 0. The second-order valence-electron chi connectivity index (χ2n) is 7.13. The van der Waals surface area contributed by atoms with Gasteiger partial charge in [0.1, 0.15) is 5.82 Å². The van der Waals surface area contributed by atoms with Gasteiger partial charge in [0, 0.05) is 37.8 Å². The number of aromatic nitrogens is 2. The Kier molecular flexibility index (Phi) is 5.88. The lowest BCUT2D eigenvalue weighted by Crippen LogP contribution is -2.49. The molecule has 1 saturated heterocycles. The molecule has 1 aliphatic rings. The van der Waals surface area contributed by atoms with Crippen LogP contribution in [-0.4, -0.2) is 61.0 Å². The van der Waals surface area contributed by atoms with Crippen molar-refractivity contribution in [3.8, 4) is 17.2 Å². The first kappa shape index (κ1) is 20.5. The number of rotatable bonds is 5. The predicted octanol–water partition coefficient (Wildman–Crippen LogP) is 2.21. The van der Waals surface area contributed by atoms with Gasteiger partial charge in [-0.15, -0.1) is 5.10 Å². The molecule has 4 rings (SSSR count). The van der Waals surface area contributed by atoms with Crippen molar-refractivity contribution in [1.29, 1.82) is 0 Å². The molecule has 0 spiro atoms. The Bertz CT molecular complexity index is 1120. The summed E-state index contributed by atoms with van der Waals surface area (Å²) in [6, 6.07) is 17.8. The van der Waals surface area contributed by atoms with E-state index in [1.54, 1.807) is 38.5 Å². The number of carbonyl (C=O) groups excluding carboxylic acids is 1. The molecule has 3 aromatic rings. The molecule has 0 radical (unpaired) electrons. The van der Waals surface area contributed by atoms with Gasteiger partial charge in [0.15, 0.2) is 11.5 Å². The van der Waals surface area contributed by atoms with Crippen LogP contribution in [0.2, 0.25) is 0 Å². The molecule has 8 heteroatoms. The highest BCUT2D eigenvalue weighted by molar-refractivity contribution is 5.95. The Balaban J connectivity index is 1.47. The molecule has 0 bridgehead atoms. The summed E-state index contributed by atoms with van der Waals surface area (Å²) in [5, 5.41) is 4.53. The molecule has 0 atom stereocenters. The van der Waals surface area contributed by atoms with Crippen LogP contribution >= 0.6 is 0 Å². The van der Waals surface area contributed by atoms with E-state index in [1.165, 1.54) is 10.7 Å². The summed E-state index contributed by atoms with van der Waals surface area (Å²) >= 11 is 0. The predicted molar refractivity (Wildman–Crippen MR) is 117 cm³/mol. The number of anilines is 1. The first-order valence-corrected chi connectivity index (χ1v) is 10.0. The van der Waals surface area contributed by atoms with Gasteiger partial charge in [0.25, 0.3) is 11.5 Å². The van der Waals surface area contributed by atoms with Gasteiger partial charge in [0.05, 0.1) is 19.9 Å². The minimum Gasteiger partial charge on any atom is -0.493 e. The molecular weight excluding hydrogens is 396 g/mol. The fourth-order valence-electron chi connectivity index (χ4n) is 3.61. The minimum atomic E-state index is -0.183. The highest BCUT2D eigenvalue weighted by Gasteiger charge is 2.24. The number of methoxy groups -OCH3 is 2. The molecule has 160 valence electrons. The number of piperazine rings is 1. The van der Waals surface area contributed by atoms with Gasteiger partial charge in [-0.3, -0.25) is 9.59 Å². The van der Waals surface area contributed by atoms with E-state index in [-0.39, 0.29) is 11.5 Å². The average molecular weight is 420 g/mol. The van der Waals surface area contributed by atoms with E-state index in [4.69, 9.17) is 9.47 Å². The Morgan fingerprint density at radius 3 is 2.26 bits per heavy atom. The van der Waals surface area contributed by atoms with Gasteiger partial charge in [0.2, 0.25) is 0 Å². The van der Waals surface area contributed by atoms with E-state index < -0.39 is 0 Å². The third kappa shape index (κ3) is 4.23. The normalized spacial score (nSPS) is 13.7. The summed E-state index contributed by atoms with van der Waals surface area (Å²) in [4.78, 5) is 29.1. The minimum absolute atomic E-state index is 0.0529. The summed E-state index contributed by atoms with van der Waals surface area (Å²) in [5.41, 5.74) is 1.09. The molecule has 8 nitrogen and oxygen atoms in total. The van der Waals surface area contributed by atoms with E-state index in [1.807, 2.05) is 35.2 Å². The number of para-hydroxylation sites is 1. The van der Waals surface area contributed by atoms with Gasteiger partial charge >= 0.3 is 0 Å². The SMILES string of the molecule is COc1ccc(C(=O)N2CCN(c3ccc(=O)n(-c4ccccc4)n3)CC2)cc1OC. The molecule has 1 fully saturated rings. The monoisotopic (exact) mass is 420 g/mol. The zero-order valence-corrected chi connectivity index (χ0v) is 17.5. The lowest BCUT2D eigenvalue weighted by molar-refractivity contribution is 0.0746. The van der Waals surface area contributed by atoms with Crippen LogP contribution < -0.4 is 19.9 Å². The largest absolute Gasteiger partial charge is 0.493 e. The van der Waals surface area contributed by atoms with Crippen LogP contribution in [-0.2, 0) is 0 Å². The van der Waals surface area contributed by atoms with Crippen molar-refractivity contribution >= 4 is 11.7 Å². The van der Waals surface area contributed by atoms with Gasteiger partial charge in [-0.1, -0.05) is 18.2 Å². The van der Waals surface area contributed by atoms with Gasteiger partial charge in [-0.25, -0.2) is 0 Å². The molecule has 2 aromatic carbocycles. The summed E-state index contributed by atoms with van der Waals surface area (Å²) in [5.74, 6) is 1.77. The lowest BCUT2D eigenvalue weighted by Gasteiger charge is -2.35. The molecule has 1 aliphatic heterocycles. The Morgan fingerprint density at radius 1 is 0.871 bits per heavy atom. The van der Waals surface area contributed by atoms with Crippen LogP contribution in [0.5, 0.6) is 11.5 Å². The number of carbonyl (C=O) groups is 1. The summed E-state index contributed by atoms with van der Waals surface area (Å²) in [6.45, 7) is 2.36. The molecule has 0 N–H and O–H groups in total. The molecule has 0 aliphatic carbocycles. The average Bonchev–Trinajstić information content (AvgIpc) is 2.84. The second kappa shape index (κ2) is 8.91. The van der Waals surface area contributed by atoms with Gasteiger partial charge in [-0.2, -0.15) is 4.68 Å². The van der Waals surface area contributed by atoms with Gasteiger partial charge in [-0.05, 0) is 36.4 Å². The van der Waals surface area contributed by atoms with Crippen molar-refractivity contribution in [1.82, 2.24) is 14.7 Å². The quantitative estimate of drug-likeness (QED) is 0.630. The molecule has 1 amide bonds. The fourth-order valence-corrected chi connectivity index (χ4v) is 3.61. The number of hydrogen-bond acceptors (Lipinski definition) is 6. The van der Waals surface area contributed by atoms with Crippen LogP contribution in [0.1, 0.15) is 10.4 Å². The number of ether oxygens (including phenoxy) is 2. The lowest BCUT2D eigenvalue weighted by atomic mass is 10.1. The number of benzene rings is 2. The van der Waals surface area contributed by atoms with E-state index >= 15 is 0 Å². The van der Waals surface area contributed by atoms with Crippen molar-refractivity contribution in [3.05, 3.63) is 76.6 Å². The Labute approximate surface area is 180 Å². The maximum absolute atomic E-state index is 12.9. The van der Waals surface area contributed by atoms with E-state index in [9.17, 15) is 9.59 Å². The molecular formula is C23H24N4O4. The standard InChI is InChI=1S/C23H24N4O4/c1-30-19-9-8-17(16-20(19)31-2)23(29)26-14-12-25(13-15-26)21-10-11-22(28)27(24-21)18-6-4-3-5-7-18/h3-11,16H,12-15H2,1-2H3. The number of nitrogens with zero attached hydrogens (tertiary/aromatic N) is 4. The molecule has 1 aromatic heterocycles. The van der Waals surface area contributed by atoms with Crippen molar-refractivity contribution < 1.29 is 14.3 Å². The fraction of sp³-hybridized carbons (Fsp3) is 0.261. The maximum atomic E-state index is 12.9. The zero-order valence-electron chi connectivity index (χ0n) is 17.5. The van der Waals surface area contributed by atoms with Crippen LogP contribution in [0.15, 0.2) is 65.5 Å². The van der Waals surface area contributed by atoms with Crippen LogP contribution in [0.3, 0.4) is 0 Å². The second-order valence-corrected chi connectivity index (χ2v) is 7.13. The first-order valence-electron chi connectivity index (χ1n) is 10.0. The van der Waals surface area contributed by atoms with Gasteiger partial charge < -0.3 is 19.3 Å². The zero-order chi connectivity index (χ0) is 21.8. The van der Waals surface area contributed by atoms with Crippen LogP contribution in [0, 0.1) is 0 Å². The highest BCUT2D eigenvalue weighted by atomic mass is 16.5. The summed E-state index contributed by atoms with van der Waals surface area (Å²) < 4.78 is 11.9. The molecule has 0 saturated carbocycles. The molecule has 31 heavy (non-hydrogen) atoms. The smallest absolute Gasteiger partial charge is 0.271 e. The van der Waals surface area contributed by atoms with Crippen LogP contribution in [0.4, 0.5) is 5.82 Å². The summed E-state index contributed by atoms with van der Waals surface area (Å²) in [6.07, 6.45) is 0. The third-order valence-electron chi connectivity index (χ3n) is 5.31. The van der Waals surface area contributed by atoms with E-state index in [0.717, 1.165) is 5.69 Å². The summed E-state index contributed by atoms with van der Waals surface area (Å²) in [7, 11) is 3.11. The van der Waals surface area contributed by atoms with Crippen molar-refractivity contribution in [2.24, 2.45) is 0 Å². The topological polar surface area (TPSA) is 76.9 Å². The van der Waals surface area contributed by atoms with Crippen molar-refractivity contribution in [3.63, 3.8) is 0 Å². The first-order chi connectivity index (χ1) is 15.1.